The van der Waals surface area contributed by atoms with Crippen molar-refractivity contribution >= 4 is 11.5 Å². The lowest BCUT2D eigenvalue weighted by atomic mass is 10.1. The lowest BCUT2D eigenvalue weighted by Crippen LogP contribution is -2.20. The van der Waals surface area contributed by atoms with Gasteiger partial charge in [-0.15, -0.1) is 0 Å². The van der Waals surface area contributed by atoms with E-state index in [1.165, 1.54) is 12.5 Å². The number of carbonyl (C=O) groups is 1. The van der Waals surface area contributed by atoms with Crippen LogP contribution in [0.15, 0.2) is 48.5 Å². The van der Waals surface area contributed by atoms with E-state index in [0.29, 0.717) is 5.56 Å². The smallest absolute Gasteiger partial charge is 0.163 e. The van der Waals surface area contributed by atoms with Crippen molar-refractivity contribution in [2.75, 3.05) is 18.5 Å². The first-order chi connectivity index (χ1) is 9.58. The van der Waals surface area contributed by atoms with Gasteiger partial charge >= 0.3 is 0 Å². The fourth-order valence-electron chi connectivity index (χ4n) is 2.13. The summed E-state index contributed by atoms with van der Waals surface area (Å²) in [6.07, 6.45) is 0.937. The molecule has 0 aliphatic heterocycles. The van der Waals surface area contributed by atoms with E-state index in [1.54, 1.807) is 12.1 Å². The van der Waals surface area contributed by atoms with Gasteiger partial charge in [-0.05, 0) is 31.0 Å². The number of aromatic hydroxyl groups is 1. The fourth-order valence-corrected chi connectivity index (χ4v) is 2.13. The summed E-state index contributed by atoms with van der Waals surface area (Å²) >= 11 is 0. The van der Waals surface area contributed by atoms with Crippen molar-refractivity contribution in [2.24, 2.45) is 0 Å². The van der Waals surface area contributed by atoms with E-state index >= 15 is 0 Å². The number of likely N-dealkylation sites (N-methyl/N-ethyl adjacent to an activating group) is 1. The van der Waals surface area contributed by atoms with Crippen molar-refractivity contribution in [1.82, 2.24) is 0 Å². The Morgan fingerprint density at radius 3 is 2.45 bits per heavy atom. The topological polar surface area (TPSA) is 40.5 Å². The fraction of sp³-hybridized carbons (Fsp3) is 0.235. The molecule has 0 aliphatic carbocycles. The average molecular weight is 269 g/mol. The molecule has 0 unspecified atom stereocenters. The monoisotopic (exact) mass is 269 g/mol. The average Bonchev–Trinajstić information content (AvgIpc) is 2.45. The van der Waals surface area contributed by atoms with Gasteiger partial charge in [0.25, 0.3) is 0 Å². The van der Waals surface area contributed by atoms with Crippen LogP contribution in [0.1, 0.15) is 22.8 Å². The van der Waals surface area contributed by atoms with Gasteiger partial charge in [0.2, 0.25) is 0 Å². The van der Waals surface area contributed by atoms with Gasteiger partial charge in [-0.1, -0.05) is 30.3 Å². The second kappa shape index (κ2) is 6.24. The molecule has 0 saturated heterocycles. The Morgan fingerprint density at radius 1 is 1.15 bits per heavy atom. The minimum Gasteiger partial charge on any atom is -0.507 e. The van der Waals surface area contributed by atoms with E-state index in [4.69, 9.17) is 0 Å². The molecule has 0 aromatic heterocycles. The van der Waals surface area contributed by atoms with E-state index in [-0.39, 0.29) is 11.5 Å². The van der Waals surface area contributed by atoms with Gasteiger partial charge in [0.15, 0.2) is 5.78 Å². The van der Waals surface area contributed by atoms with Gasteiger partial charge in [-0.2, -0.15) is 0 Å². The lowest BCUT2D eigenvalue weighted by molar-refractivity contribution is 0.101. The number of phenols is 1. The van der Waals surface area contributed by atoms with E-state index < -0.39 is 0 Å². The first-order valence-electron chi connectivity index (χ1n) is 6.67. The number of carbonyl (C=O) groups excluding carboxylic acids is 1. The predicted molar refractivity (Wildman–Crippen MR) is 81.5 cm³/mol. The van der Waals surface area contributed by atoms with Gasteiger partial charge in [-0.3, -0.25) is 4.79 Å². The molecule has 2 aromatic rings. The van der Waals surface area contributed by atoms with Crippen LogP contribution >= 0.6 is 0 Å². The number of benzene rings is 2. The molecule has 2 rings (SSSR count). The molecule has 0 bridgehead atoms. The highest BCUT2D eigenvalue weighted by molar-refractivity contribution is 5.97. The molecule has 0 radical (unpaired) electrons. The van der Waals surface area contributed by atoms with Crippen LogP contribution in [0.2, 0.25) is 0 Å². The van der Waals surface area contributed by atoms with Gasteiger partial charge in [0.1, 0.15) is 5.75 Å². The third-order valence-corrected chi connectivity index (χ3v) is 3.38. The molecule has 0 atom stereocenters. The van der Waals surface area contributed by atoms with E-state index in [1.807, 2.05) is 31.3 Å². The summed E-state index contributed by atoms with van der Waals surface area (Å²) in [6, 6.07) is 15.4. The third-order valence-electron chi connectivity index (χ3n) is 3.38. The van der Waals surface area contributed by atoms with Crippen LogP contribution in [0.5, 0.6) is 5.75 Å². The summed E-state index contributed by atoms with van der Waals surface area (Å²) in [5.41, 5.74) is 2.55. The van der Waals surface area contributed by atoms with Crippen molar-refractivity contribution < 1.29 is 9.90 Å². The molecule has 3 nitrogen and oxygen atoms in total. The zero-order valence-corrected chi connectivity index (χ0v) is 11.8. The van der Waals surface area contributed by atoms with Crippen molar-refractivity contribution in [1.29, 1.82) is 0 Å². The van der Waals surface area contributed by atoms with E-state index in [0.717, 1.165) is 18.7 Å². The molecule has 0 spiro atoms. The number of phenolic OH excluding ortho intramolecular Hbond substituents is 1. The molecule has 0 aliphatic rings. The Kier molecular flexibility index (Phi) is 4.41. The third kappa shape index (κ3) is 3.38. The Labute approximate surface area is 119 Å². The molecule has 0 fully saturated rings. The van der Waals surface area contributed by atoms with Crippen molar-refractivity contribution in [3.8, 4) is 5.75 Å². The predicted octanol–water partition coefficient (Wildman–Crippen LogP) is 3.27. The minimum atomic E-state index is -0.124. The molecule has 2 aromatic carbocycles. The molecule has 20 heavy (non-hydrogen) atoms. The Morgan fingerprint density at radius 2 is 1.85 bits per heavy atom. The van der Waals surface area contributed by atoms with Crippen LogP contribution in [0.25, 0.3) is 0 Å². The molecule has 0 saturated carbocycles. The number of rotatable bonds is 5. The Balaban J connectivity index is 2.04. The SMILES string of the molecule is CC(=O)c1ccc(N(C)CCc2ccccc2)cc1O. The molecular formula is C17H19NO2. The molecular weight excluding hydrogens is 250 g/mol. The van der Waals surface area contributed by atoms with E-state index in [9.17, 15) is 9.90 Å². The highest BCUT2D eigenvalue weighted by atomic mass is 16.3. The summed E-state index contributed by atoms with van der Waals surface area (Å²) in [5, 5.41) is 9.85. The highest BCUT2D eigenvalue weighted by Gasteiger charge is 2.09. The summed E-state index contributed by atoms with van der Waals surface area (Å²) in [5.74, 6) is -0.0810. The summed E-state index contributed by atoms with van der Waals surface area (Å²) in [6.45, 7) is 2.30. The first-order valence-corrected chi connectivity index (χ1v) is 6.67. The van der Waals surface area contributed by atoms with Crippen molar-refractivity contribution in [2.45, 2.75) is 13.3 Å². The second-order valence-corrected chi connectivity index (χ2v) is 4.91. The standard InChI is InChI=1S/C17H19NO2/c1-13(19)16-9-8-15(12-17(16)20)18(2)11-10-14-6-4-3-5-7-14/h3-9,12,20H,10-11H2,1-2H3. The van der Waals surface area contributed by atoms with Crippen LogP contribution in [0.3, 0.4) is 0 Å². The maximum Gasteiger partial charge on any atom is 0.163 e. The number of nitrogens with zero attached hydrogens (tertiary/aromatic N) is 1. The molecule has 104 valence electrons. The van der Waals surface area contributed by atoms with Crippen molar-refractivity contribution in [3.63, 3.8) is 0 Å². The largest absolute Gasteiger partial charge is 0.507 e. The minimum absolute atomic E-state index is 0.0431. The maximum absolute atomic E-state index is 11.3. The molecule has 0 amide bonds. The van der Waals surface area contributed by atoms with Crippen LogP contribution in [-0.4, -0.2) is 24.5 Å². The van der Waals surface area contributed by atoms with E-state index in [2.05, 4.69) is 17.0 Å². The number of ketones is 1. The zero-order chi connectivity index (χ0) is 14.5. The van der Waals surface area contributed by atoms with Gasteiger partial charge in [-0.25, -0.2) is 0 Å². The number of hydrogen-bond acceptors (Lipinski definition) is 3. The normalized spacial score (nSPS) is 10.3. The second-order valence-electron chi connectivity index (χ2n) is 4.91. The lowest BCUT2D eigenvalue weighted by Gasteiger charge is -2.20. The Bertz CT molecular complexity index is 593. The summed E-state index contributed by atoms with van der Waals surface area (Å²) in [7, 11) is 1.98. The Hall–Kier alpha value is -2.29. The molecule has 1 N–H and O–H groups in total. The van der Waals surface area contributed by atoms with Crippen LogP contribution < -0.4 is 4.90 Å². The first kappa shape index (κ1) is 14.1. The van der Waals surface area contributed by atoms with Gasteiger partial charge in [0.05, 0.1) is 5.56 Å². The maximum atomic E-state index is 11.3. The quantitative estimate of drug-likeness (QED) is 0.847. The number of Topliss-reactive ketones (excluding diaryl/α,β-unsaturated/α-hetero) is 1. The summed E-state index contributed by atoms with van der Waals surface area (Å²) in [4.78, 5) is 13.4. The van der Waals surface area contributed by atoms with Crippen LogP contribution in [0, 0.1) is 0 Å². The number of anilines is 1. The van der Waals surface area contributed by atoms with Crippen molar-refractivity contribution in [3.05, 3.63) is 59.7 Å². The zero-order valence-electron chi connectivity index (χ0n) is 11.8. The van der Waals surface area contributed by atoms with Crippen LogP contribution in [-0.2, 0) is 6.42 Å². The highest BCUT2D eigenvalue weighted by Crippen LogP contribution is 2.24. The van der Waals surface area contributed by atoms with Gasteiger partial charge < -0.3 is 10.0 Å². The molecule has 3 heteroatoms. The summed E-state index contributed by atoms with van der Waals surface area (Å²) < 4.78 is 0. The van der Waals surface area contributed by atoms with Gasteiger partial charge in [0, 0.05) is 25.3 Å². The molecule has 0 heterocycles. The van der Waals surface area contributed by atoms with Crippen LogP contribution in [0.4, 0.5) is 5.69 Å². The number of hydrogen-bond donors (Lipinski definition) is 1.